The summed E-state index contributed by atoms with van der Waals surface area (Å²) in [4.78, 5) is 26.9. The molecule has 6 nitrogen and oxygen atoms in total. The molecule has 0 saturated carbocycles. The van der Waals surface area contributed by atoms with Crippen LogP contribution in [0.1, 0.15) is 38.2 Å². The topological polar surface area (TPSA) is 65.0 Å². The third-order valence-corrected chi connectivity index (χ3v) is 4.86. The summed E-state index contributed by atoms with van der Waals surface area (Å²) in [6.07, 6.45) is 3.22. The third kappa shape index (κ3) is 4.66. The molecule has 1 atom stereocenters. The number of hydrogen-bond acceptors (Lipinski definition) is 4. The fraction of sp³-hybridized carbons (Fsp3) is 0.526. The van der Waals surface area contributed by atoms with Gasteiger partial charge in [0.05, 0.1) is 6.54 Å². The minimum Gasteiger partial charge on any atom is -0.349 e. The first-order chi connectivity index (χ1) is 12.1. The molecule has 2 aliphatic heterocycles. The van der Waals surface area contributed by atoms with Crippen molar-refractivity contribution in [3.63, 3.8) is 0 Å². The Morgan fingerprint density at radius 2 is 1.92 bits per heavy atom. The molecule has 2 aliphatic rings. The molecule has 1 fully saturated rings. The van der Waals surface area contributed by atoms with E-state index in [1.54, 1.807) is 0 Å². The van der Waals surface area contributed by atoms with Gasteiger partial charge in [0.25, 0.3) is 5.91 Å². The first-order valence-corrected chi connectivity index (χ1v) is 9.07. The second-order valence-electron chi connectivity index (χ2n) is 6.79. The van der Waals surface area contributed by atoms with Gasteiger partial charge >= 0.3 is 0 Å². The fourth-order valence-corrected chi connectivity index (χ4v) is 3.30. The van der Waals surface area contributed by atoms with Gasteiger partial charge in [-0.25, -0.2) is 5.01 Å². The lowest BCUT2D eigenvalue weighted by molar-refractivity contribution is -0.132. The molecule has 1 aromatic carbocycles. The van der Waals surface area contributed by atoms with Crippen molar-refractivity contribution in [2.75, 3.05) is 19.6 Å². The number of carbonyl (C=O) groups is 2. The largest absolute Gasteiger partial charge is 0.349 e. The lowest BCUT2D eigenvalue weighted by Crippen LogP contribution is -2.44. The quantitative estimate of drug-likeness (QED) is 0.857. The van der Waals surface area contributed by atoms with Crippen molar-refractivity contribution in [1.82, 2.24) is 15.2 Å². The van der Waals surface area contributed by atoms with E-state index in [0.717, 1.165) is 18.7 Å². The van der Waals surface area contributed by atoms with Crippen molar-refractivity contribution < 1.29 is 9.59 Å². The standard InChI is InChI=1S/C19H26N4O2/c1-15(22-11-5-6-12-22)13-20-19(25)17-9-10-18(24)23(21-17)14-16-7-3-2-4-8-16/h2-4,7-8,15H,5-6,9-14H2,1H3,(H,20,25). The van der Waals surface area contributed by atoms with Crippen molar-refractivity contribution in [2.24, 2.45) is 5.10 Å². The van der Waals surface area contributed by atoms with Crippen molar-refractivity contribution in [3.8, 4) is 0 Å². The van der Waals surface area contributed by atoms with E-state index in [1.807, 2.05) is 30.3 Å². The molecule has 3 rings (SSSR count). The second-order valence-corrected chi connectivity index (χ2v) is 6.79. The van der Waals surface area contributed by atoms with Gasteiger partial charge in [0, 0.05) is 25.4 Å². The Kier molecular flexibility index (Phi) is 5.81. The van der Waals surface area contributed by atoms with Crippen LogP contribution in [0.25, 0.3) is 0 Å². The van der Waals surface area contributed by atoms with Gasteiger partial charge in [-0.2, -0.15) is 5.10 Å². The maximum absolute atomic E-state index is 12.4. The number of hydrazone groups is 1. The molecule has 0 aliphatic carbocycles. The summed E-state index contributed by atoms with van der Waals surface area (Å²) in [7, 11) is 0. The highest BCUT2D eigenvalue weighted by atomic mass is 16.2. The van der Waals surface area contributed by atoms with Gasteiger partial charge < -0.3 is 5.32 Å². The maximum Gasteiger partial charge on any atom is 0.267 e. The lowest BCUT2D eigenvalue weighted by Gasteiger charge is -2.25. The molecule has 1 N–H and O–H groups in total. The lowest BCUT2D eigenvalue weighted by atomic mass is 10.1. The molecule has 1 saturated heterocycles. The van der Waals surface area contributed by atoms with Gasteiger partial charge in [-0.05, 0) is 38.4 Å². The Morgan fingerprint density at radius 1 is 1.20 bits per heavy atom. The van der Waals surface area contributed by atoms with E-state index in [-0.39, 0.29) is 11.8 Å². The predicted molar refractivity (Wildman–Crippen MR) is 96.9 cm³/mol. The fourth-order valence-electron chi connectivity index (χ4n) is 3.30. The van der Waals surface area contributed by atoms with Gasteiger partial charge in [0.1, 0.15) is 5.71 Å². The summed E-state index contributed by atoms with van der Waals surface area (Å²) in [5, 5.41) is 8.70. The summed E-state index contributed by atoms with van der Waals surface area (Å²) < 4.78 is 0. The molecule has 1 aromatic rings. The van der Waals surface area contributed by atoms with Crippen LogP contribution in [0.2, 0.25) is 0 Å². The zero-order chi connectivity index (χ0) is 17.6. The molecule has 0 radical (unpaired) electrons. The summed E-state index contributed by atoms with van der Waals surface area (Å²) in [6, 6.07) is 10.0. The van der Waals surface area contributed by atoms with E-state index in [1.165, 1.54) is 17.9 Å². The SMILES string of the molecule is CC(CNC(=O)C1=NN(Cc2ccccc2)C(=O)CC1)N1CCCC1. The van der Waals surface area contributed by atoms with Crippen molar-refractivity contribution in [3.05, 3.63) is 35.9 Å². The molecule has 0 bridgehead atoms. The smallest absolute Gasteiger partial charge is 0.267 e. The minimum absolute atomic E-state index is 0.0363. The summed E-state index contributed by atoms with van der Waals surface area (Å²) in [6.45, 7) is 5.37. The Labute approximate surface area is 148 Å². The van der Waals surface area contributed by atoms with Crippen LogP contribution in [0.4, 0.5) is 0 Å². The predicted octanol–water partition coefficient (Wildman–Crippen LogP) is 1.77. The first-order valence-electron chi connectivity index (χ1n) is 9.07. The number of hydrogen-bond donors (Lipinski definition) is 1. The molecule has 134 valence electrons. The van der Waals surface area contributed by atoms with Crippen LogP contribution in [0, 0.1) is 0 Å². The number of nitrogens with one attached hydrogen (secondary N) is 1. The second kappa shape index (κ2) is 8.25. The highest BCUT2D eigenvalue weighted by molar-refractivity contribution is 6.39. The summed E-state index contributed by atoms with van der Waals surface area (Å²) in [5.74, 6) is -0.192. The van der Waals surface area contributed by atoms with Crippen LogP contribution in [0.5, 0.6) is 0 Å². The molecule has 2 heterocycles. The van der Waals surface area contributed by atoms with Crippen LogP contribution in [-0.2, 0) is 16.1 Å². The Hall–Kier alpha value is -2.21. The Bertz CT molecular complexity index is 638. The molecule has 0 spiro atoms. The average Bonchev–Trinajstić information content (AvgIpc) is 3.17. The van der Waals surface area contributed by atoms with E-state index in [2.05, 4.69) is 22.2 Å². The van der Waals surface area contributed by atoms with E-state index in [9.17, 15) is 9.59 Å². The average molecular weight is 342 g/mol. The van der Waals surface area contributed by atoms with Gasteiger partial charge in [-0.15, -0.1) is 0 Å². The summed E-state index contributed by atoms with van der Waals surface area (Å²) >= 11 is 0. The molecule has 0 aromatic heterocycles. The van der Waals surface area contributed by atoms with E-state index >= 15 is 0 Å². The van der Waals surface area contributed by atoms with E-state index in [4.69, 9.17) is 0 Å². The molecular weight excluding hydrogens is 316 g/mol. The van der Waals surface area contributed by atoms with Gasteiger partial charge in [0.15, 0.2) is 0 Å². The Morgan fingerprint density at radius 3 is 2.64 bits per heavy atom. The Balaban J connectivity index is 1.57. The normalized spacial score (nSPS) is 19.6. The van der Waals surface area contributed by atoms with Gasteiger partial charge in [0.2, 0.25) is 5.91 Å². The van der Waals surface area contributed by atoms with Gasteiger partial charge in [-0.3, -0.25) is 14.5 Å². The monoisotopic (exact) mass is 342 g/mol. The minimum atomic E-state index is -0.156. The van der Waals surface area contributed by atoms with Crippen LogP contribution in [-0.4, -0.2) is 53.1 Å². The molecular formula is C19H26N4O2. The van der Waals surface area contributed by atoms with Crippen LogP contribution >= 0.6 is 0 Å². The zero-order valence-electron chi connectivity index (χ0n) is 14.8. The highest BCUT2D eigenvalue weighted by Crippen LogP contribution is 2.14. The van der Waals surface area contributed by atoms with Crippen LogP contribution in [0.15, 0.2) is 35.4 Å². The van der Waals surface area contributed by atoms with Crippen LogP contribution in [0.3, 0.4) is 0 Å². The van der Waals surface area contributed by atoms with E-state index < -0.39 is 0 Å². The van der Waals surface area contributed by atoms with Crippen molar-refractivity contribution >= 4 is 17.5 Å². The number of amides is 2. The van der Waals surface area contributed by atoms with Crippen molar-refractivity contribution in [1.29, 1.82) is 0 Å². The number of benzene rings is 1. The first kappa shape index (κ1) is 17.6. The third-order valence-electron chi connectivity index (χ3n) is 4.86. The molecule has 1 unspecified atom stereocenters. The number of likely N-dealkylation sites (tertiary alicyclic amines) is 1. The van der Waals surface area contributed by atoms with Crippen molar-refractivity contribution in [2.45, 2.75) is 45.2 Å². The number of nitrogens with zero attached hydrogens (tertiary/aromatic N) is 3. The summed E-state index contributed by atoms with van der Waals surface area (Å²) in [5.41, 5.74) is 1.45. The van der Waals surface area contributed by atoms with Crippen LogP contribution < -0.4 is 5.32 Å². The molecule has 25 heavy (non-hydrogen) atoms. The molecule has 6 heteroatoms. The maximum atomic E-state index is 12.4. The number of carbonyl (C=O) groups excluding carboxylic acids is 2. The molecule has 2 amide bonds. The van der Waals surface area contributed by atoms with E-state index in [0.29, 0.717) is 37.7 Å². The number of rotatable bonds is 6. The van der Waals surface area contributed by atoms with Gasteiger partial charge in [-0.1, -0.05) is 30.3 Å². The zero-order valence-corrected chi connectivity index (χ0v) is 14.8. The highest BCUT2D eigenvalue weighted by Gasteiger charge is 2.25.